The average Bonchev–Trinajstić information content (AvgIpc) is 1.60. The van der Waals surface area contributed by atoms with Crippen molar-refractivity contribution in [3.8, 4) is 0 Å². The fraction of sp³-hybridized carbons (Fsp3) is 1.00. The van der Waals surface area contributed by atoms with E-state index in [9.17, 15) is 0 Å². The zero-order chi connectivity index (χ0) is 8.36. The minimum Gasteiger partial charge on any atom is -0.360 e. The highest BCUT2D eigenvalue weighted by Crippen LogP contribution is 2.21. The van der Waals surface area contributed by atoms with Crippen molar-refractivity contribution in [3.63, 3.8) is 0 Å². The lowest BCUT2D eigenvalue weighted by molar-refractivity contribution is -0.0450. The molecule has 0 fully saturated rings. The van der Waals surface area contributed by atoms with Crippen LogP contribution >= 0.6 is 0 Å². The molecule has 62 valence electrons. The maximum Gasteiger partial charge on any atom is 0.103 e. The van der Waals surface area contributed by atoms with Crippen LogP contribution in [-0.4, -0.2) is 12.3 Å². The summed E-state index contributed by atoms with van der Waals surface area (Å²) >= 11 is 0. The van der Waals surface area contributed by atoms with Gasteiger partial charge in [-0.15, -0.1) is 0 Å². The quantitative estimate of drug-likeness (QED) is 0.601. The Morgan fingerprint density at radius 3 is 1.70 bits per heavy atom. The normalized spacial score (nSPS) is 18.6. The Kier molecular flexibility index (Phi) is 3.33. The molecular formula is C8H19NO. The number of hydrogen-bond donors (Lipinski definition) is 1. The van der Waals surface area contributed by atoms with Crippen LogP contribution in [0.1, 0.15) is 34.6 Å². The van der Waals surface area contributed by atoms with Gasteiger partial charge in [0.2, 0.25) is 0 Å². The lowest BCUT2D eigenvalue weighted by Crippen LogP contribution is -2.33. The van der Waals surface area contributed by atoms with Crippen LogP contribution in [0, 0.1) is 5.41 Å². The molecule has 0 aromatic rings. The molecule has 0 aliphatic rings. The smallest absolute Gasteiger partial charge is 0.103 e. The highest BCUT2D eigenvalue weighted by Gasteiger charge is 2.21. The molecule has 0 spiro atoms. The largest absolute Gasteiger partial charge is 0.360 e. The van der Waals surface area contributed by atoms with E-state index in [1.165, 1.54) is 0 Å². The van der Waals surface area contributed by atoms with E-state index >= 15 is 0 Å². The molecule has 2 N–H and O–H groups in total. The van der Waals surface area contributed by atoms with E-state index in [1.54, 1.807) is 0 Å². The molecule has 2 heteroatoms. The molecule has 0 aliphatic carbocycles. The van der Waals surface area contributed by atoms with E-state index < -0.39 is 0 Å². The fourth-order valence-corrected chi connectivity index (χ4v) is 0.526. The summed E-state index contributed by atoms with van der Waals surface area (Å²) in [6.45, 7) is 10.3. The summed E-state index contributed by atoms with van der Waals surface area (Å²) in [6, 6.07) is 0. The van der Waals surface area contributed by atoms with Crippen LogP contribution in [0.5, 0.6) is 0 Å². The molecule has 0 saturated carbocycles. The van der Waals surface area contributed by atoms with Gasteiger partial charge >= 0.3 is 0 Å². The highest BCUT2D eigenvalue weighted by molar-refractivity contribution is 4.69. The maximum absolute atomic E-state index is 5.47. The molecule has 0 aromatic carbocycles. The minimum atomic E-state index is -0.158. The van der Waals surface area contributed by atoms with Crippen molar-refractivity contribution in [1.29, 1.82) is 0 Å². The van der Waals surface area contributed by atoms with Gasteiger partial charge in [0.25, 0.3) is 0 Å². The second-order valence-corrected chi connectivity index (χ2v) is 3.85. The summed E-state index contributed by atoms with van der Waals surface area (Å²) < 4.78 is 5.39. The first-order valence-electron chi connectivity index (χ1n) is 3.75. The molecule has 0 bridgehead atoms. The van der Waals surface area contributed by atoms with Crippen LogP contribution in [0.2, 0.25) is 0 Å². The third-order valence-corrected chi connectivity index (χ3v) is 1.64. The van der Waals surface area contributed by atoms with Gasteiger partial charge in [0, 0.05) is 0 Å². The first kappa shape index (κ1) is 9.92. The molecule has 0 rings (SSSR count). The minimum absolute atomic E-state index is 0.158. The zero-order valence-corrected chi connectivity index (χ0v) is 7.64. The van der Waals surface area contributed by atoms with Gasteiger partial charge in [0.15, 0.2) is 0 Å². The Morgan fingerprint density at radius 1 is 1.20 bits per heavy atom. The second kappa shape index (κ2) is 3.35. The van der Waals surface area contributed by atoms with Gasteiger partial charge in [0.05, 0.1) is 6.10 Å². The van der Waals surface area contributed by atoms with Gasteiger partial charge < -0.3 is 10.5 Å². The molecule has 2 atom stereocenters. The van der Waals surface area contributed by atoms with Gasteiger partial charge in [-0.2, -0.15) is 0 Å². The monoisotopic (exact) mass is 145 g/mol. The number of ether oxygens (including phenoxy) is 1. The highest BCUT2D eigenvalue weighted by atomic mass is 16.5. The van der Waals surface area contributed by atoms with Crippen LogP contribution in [0.25, 0.3) is 0 Å². The van der Waals surface area contributed by atoms with Crippen molar-refractivity contribution < 1.29 is 4.74 Å². The summed E-state index contributed by atoms with van der Waals surface area (Å²) in [5.74, 6) is 0. The molecule has 0 heterocycles. The Labute approximate surface area is 63.7 Å². The molecule has 2 nitrogen and oxygen atoms in total. The van der Waals surface area contributed by atoms with Crippen LogP contribution in [0.15, 0.2) is 0 Å². The molecule has 10 heavy (non-hydrogen) atoms. The van der Waals surface area contributed by atoms with E-state index in [0.29, 0.717) is 0 Å². The molecule has 2 unspecified atom stereocenters. The van der Waals surface area contributed by atoms with Gasteiger partial charge in [-0.3, -0.25) is 0 Å². The molecule has 0 saturated heterocycles. The van der Waals surface area contributed by atoms with Crippen LogP contribution in [0.3, 0.4) is 0 Å². The topological polar surface area (TPSA) is 35.2 Å². The maximum atomic E-state index is 5.47. The zero-order valence-electron chi connectivity index (χ0n) is 7.64. The second-order valence-electron chi connectivity index (χ2n) is 3.85. The predicted molar refractivity (Wildman–Crippen MR) is 43.7 cm³/mol. The van der Waals surface area contributed by atoms with Crippen LogP contribution in [-0.2, 0) is 4.74 Å². The van der Waals surface area contributed by atoms with E-state index in [-0.39, 0.29) is 17.7 Å². The van der Waals surface area contributed by atoms with Gasteiger partial charge in [0.1, 0.15) is 6.23 Å². The summed E-state index contributed by atoms with van der Waals surface area (Å²) in [5.41, 5.74) is 5.66. The molecule has 0 amide bonds. The van der Waals surface area contributed by atoms with E-state index in [0.717, 1.165) is 0 Å². The van der Waals surface area contributed by atoms with Crippen molar-refractivity contribution in [2.75, 3.05) is 0 Å². The first-order chi connectivity index (χ1) is 4.34. The lowest BCUT2D eigenvalue weighted by Gasteiger charge is -2.28. The van der Waals surface area contributed by atoms with E-state index in [1.807, 2.05) is 13.8 Å². The number of rotatable bonds is 2. The van der Waals surface area contributed by atoms with Crippen molar-refractivity contribution in [2.45, 2.75) is 47.0 Å². The third-order valence-electron chi connectivity index (χ3n) is 1.64. The molecular weight excluding hydrogens is 126 g/mol. The molecule has 0 aromatic heterocycles. The van der Waals surface area contributed by atoms with Gasteiger partial charge in [-0.05, 0) is 19.3 Å². The summed E-state index contributed by atoms with van der Waals surface area (Å²) in [5, 5.41) is 0. The summed E-state index contributed by atoms with van der Waals surface area (Å²) in [6.07, 6.45) is 0.0572. The summed E-state index contributed by atoms with van der Waals surface area (Å²) in [7, 11) is 0. The average molecular weight is 145 g/mol. The third kappa shape index (κ3) is 3.85. The van der Waals surface area contributed by atoms with E-state index in [2.05, 4.69) is 20.8 Å². The summed E-state index contributed by atoms with van der Waals surface area (Å²) in [4.78, 5) is 0. The number of nitrogens with two attached hydrogens (primary N) is 1. The fourth-order valence-electron chi connectivity index (χ4n) is 0.526. The Bertz CT molecular complexity index is 93.9. The Balaban J connectivity index is 3.73. The SMILES string of the molecule is CC(N)OC(C)C(C)(C)C. The van der Waals surface area contributed by atoms with Gasteiger partial charge in [-0.25, -0.2) is 0 Å². The molecule has 0 radical (unpaired) electrons. The van der Waals surface area contributed by atoms with Gasteiger partial charge in [-0.1, -0.05) is 20.8 Å². The Morgan fingerprint density at radius 2 is 1.60 bits per heavy atom. The Hall–Kier alpha value is -0.0800. The predicted octanol–water partition coefficient (Wildman–Crippen LogP) is 1.74. The first-order valence-corrected chi connectivity index (χ1v) is 3.75. The van der Waals surface area contributed by atoms with Crippen LogP contribution in [0.4, 0.5) is 0 Å². The van der Waals surface area contributed by atoms with E-state index in [4.69, 9.17) is 10.5 Å². The van der Waals surface area contributed by atoms with Crippen molar-refractivity contribution in [1.82, 2.24) is 0 Å². The molecule has 0 aliphatic heterocycles. The van der Waals surface area contributed by atoms with Crippen LogP contribution < -0.4 is 5.73 Å². The lowest BCUT2D eigenvalue weighted by atomic mass is 9.90. The van der Waals surface area contributed by atoms with Crippen molar-refractivity contribution in [3.05, 3.63) is 0 Å². The van der Waals surface area contributed by atoms with Crippen molar-refractivity contribution in [2.24, 2.45) is 11.1 Å². The standard InChI is InChI=1S/C8H19NO/c1-6(8(3,4)5)10-7(2)9/h6-7H,9H2,1-5H3. The number of hydrogen-bond acceptors (Lipinski definition) is 2. The van der Waals surface area contributed by atoms with Crippen molar-refractivity contribution >= 4 is 0 Å².